The van der Waals surface area contributed by atoms with Gasteiger partial charge in [-0.1, -0.05) is 32.0 Å². The van der Waals surface area contributed by atoms with Gasteiger partial charge in [0.15, 0.2) is 0 Å². The fourth-order valence-electron chi connectivity index (χ4n) is 4.13. The smallest absolute Gasteiger partial charge is 0.336 e. The van der Waals surface area contributed by atoms with Crippen molar-refractivity contribution in [2.75, 3.05) is 6.61 Å². The zero-order valence-electron chi connectivity index (χ0n) is 15.6. The molecule has 1 aliphatic carbocycles. The molecule has 2 aliphatic rings. The van der Waals surface area contributed by atoms with Crippen LogP contribution in [0, 0.1) is 17.2 Å². The first kappa shape index (κ1) is 18.5. The van der Waals surface area contributed by atoms with Gasteiger partial charge in [0, 0.05) is 23.7 Å². The molecular weight excluding hydrogens is 333 g/mol. The Bertz CT molecular complexity index is 822. The molecule has 1 aliphatic heterocycles. The fraction of sp³-hybridized carbons (Fsp3) is 0.476. The van der Waals surface area contributed by atoms with E-state index in [2.05, 4.69) is 4.99 Å². The van der Waals surface area contributed by atoms with E-state index < -0.39 is 23.6 Å². The molecule has 3 rings (SSSR count). The Balaban J connectivity index is 2.20. The van der Waals surface area contributed by atoms with Crippen LogP contribution in [0.2, 0.25) is 0 Å². The van der Waals surface area contributed by atoms with Crippen LogP contribution in [-0.4, -0.2) is 24.1 Å². The number of allylic oxidation sites excluding steroid dienone is 1. The van der Waals surface area contributed by atoms with Gasteiger partial charge in [0.05, 0.1) is 18.1 Å². The maximum absolute atomic E-state index is 14.6. The second-order valence-corrected chi connectivity index (χ2v) is 7.78. The molecule has 5 heteroatoms. The summed E-state index contributed by atoms with van der Waals surface area (Å²) in [5.41, 5.74) is 1.70. The van der Waals surface area contributed by atoms with Crippen LogP contribution in [0.4, 0.5) is 4.39 Å². The highest BCUT2D eigenvalue weighted by atomic mass is 19.1. The van der Waals surface area contributed by atoms with Crippen molar-refractivity contribution in [2.24, 2.45) is 16.3 Å². The Morgan fingerprint density at radius 3 is 2.62 bits per heavy atom. The highest BCUT2D eigenvalue weighted by molar-refractivity contribution is 6.12. The van der Waals surface area contributed by atoms with Gasteiger partial charge >= 0.3 is 5.97 Å². The van der Waals surface area contributed by atoms with Gasteiger partial charge in [-0.2, -0.15) is 0 Å². The maximum atomic E-state index is 14.6. The molecule has 0 N–H and O–H groups in total. The first-order chi connectivity index (χ1) is 12.2. The molecule has 0 saturated heterocycles. The van der Waals surface area contributed by atoms with E-state index in [1.54, 1.807) is 32.0 Å². The van der Waals surface area contributed by atoms with Crippen molar-refractivity contribution in [1.29, 1.82) is 0 Å². The average molecular weight is 357 g/mol. The number of esters is 1. The Morgan fingerprint density at radius 2 is 1.96 bits per heavy atom. The second kappa shape index (κ2) is 6.78. The lowest BCUT2D eigenvalue weighted by molar-refractivity contribution is -0.139. The number of hydrogen-bond acceptors (Lipinski definition) is 4. The number of benzene rings is 1. The Hall–Kier alpha value is -2.30. The van der Waals surface area contributed by atoms with E-state index in [1.165, 1.54) is 6.07 Å². The largest absolute Gasteiger partial charge is 0.463 e. The number of halogens is 1. The molecule has 0 spiro atoms. The van der Waals surface area contributed by atoms with Gasteiger partial charge in [-0.15, -0.1) is 0 Å². The molecule has 0 radical (unpaired) electrons. The summed E-state index contributed by atoms with van der Waals surface area (Å²) in [6.45, 7) is 7.72. The van der Waals surface area contributed by atoms with E-state index in [4.69, 9.17) is 4.74 Å². The van der Waals surface area contributed by atoms with Gasteiger partial charge in [-0.3, -0.25) is 9.79 Å². The van der Waals surface area contributed by atoms with E-state index in [-0.39, 0.29) is 17.8 Å². The number of nitrogens with zero attached hydrogens (tertiary/aromatic N) is 1. The predicted octanol–water partition coefficient (Wildman–Crippen LogP) is 4.21. The van der Waals surface area contributed by atoms with Crippen LogP contribution in [0.5, 0.6) is 0 Å². The number of carbonyl (C=O) groups is 2. The summed E-state index contributed by atoms with van der Waals surface area (Å²) in [5, 5.41) is 0. The standard InChI is InChI=1S/C21H24FNO3/c1-5-26-20(25)17-12(2)23-15-10-21(3,4)11-16(24)19(15)18(17)13-8-6-7-9-14(13)22/h6-9,18-19H,5,10-11H2,1-4H3/t18-,19-/m0/s1. The van der Waals surface area contributed by atoms with Crippen LogP contribution in [0.1, 0.15) is 52.0 Å². The third kappa shape index (κ3) is 3.22. The van der Waals surface area contributed by atoms with Gasteiger partial charge in [0.25, 0.3) is 0 Å². The first-order valence-corrected chi connectivity index (χ1v) is 8.97. The Labute approximate surface area is 153 Å². The number of aliphatic imine (C=N–C) groups is 1. The summed E-state index contributed by atoms with van der Waals surface area (Å²) < 4.78 is 19.8. The van der Waals surface area contributed by atoms with Crippen LogP contribution in [-0.2, 0) is 14.3 Å². The van der Waals surface area contributed by atoms with Crippen molar-refractivity contribution in [3.8, 4) is 0 Å². The van der Waals surface area contributed by atoms with Crippen molar-refractivity contribution in [1.82, 2.24) is 0 Å². The van der Waals surface area contributed by atoms with E-state index in [1.807, 2.05) is 13.8 Å². The lowest BCUT2D eigenvalue weighted by Crippen LogP contribution is -2.44. The summed E-state index contributed by atoms with van der Waals surface area (Å²) in [5.74, 6) is -2.25. The minimum absolute atomic E-state index is 0.00236. The third-order valence-corrected chi connectivity index (χ3v) is 5.10. The molecular formula is C21H24FNO3. The lowest BCUT2D eigenvalue weighted by Gasteiger charge is -2.41. The van der Waals surface area contributed by atoms with Gasteiger partial charge < -0.3 is 4.74 Å². The van der Waals surface area contributed by atoms with Gasteiger partial charge in [-0.05, 0) is 37.3 Å². The minimum Gasteiger partial charge on any atom is -0.463 e. The van der Waals surface area contributed by atoms with Crippen LogP contribution in [0.15, 0.2) is 40.5 Å². The summed E-state index contributed by atoms with van der Waals surface area (Å²) in [4.78, 5) is 30.2. The molecule has 0 bridgehead atoms. The van der Waals surface area contributed by atoms with E-state index in [0.717, 1.165) is 5.71 Å². The normalized spacial score (nSPS) is 24.8. The zero-order chi connectivity index (χ0) is 19.1. The highest BCUT2D eigenvalue weighted by Crippen LogP contribution is 2.47. The van der Waals surface area contributed by atoms with Crippen LogP contribution in [0.3, 0.4) is 0 Å². The number of rotatable bonds is 3. The molecule has 4 nitrogen and oxygen atoms in total. The lowest BCUT2D eigenvalue weighted by atomic mass is 9.63. The molecule has 1 saturated carbocycles. The Kier molecular flexibility index (Phi) is 4.82. The molecule has 2 atom stereocenters. The summed E-state index contributed by atoms with van der Waals surface area (Å²) in [7, 11) is 0. The summed E-state index contributed by atoms with van der Waals surface area (Å²) in [6.07, 6.45) is 1.04. The molecule has 1 fully saturated rings. The molecule has 138 valence electrons. The number of Topliss-reactive ketones (excluding diaryl/α,β-unsaturated/α-hetero) is 1. The summed E-state index contributed by atoms with van der Waals surface area (Å²) >= 11 is 0. The number of ether oxygens (including phenoxy) is 1. The van der Waals surface area contributed by atoms with Crippen LogP contribution < -0.4 is 0 Å². The van der Waals surface area contributed by atoms with E-state index in [0.29, 0.717) is 29.7 Å². The Morgan fingerprint density at radius 1 is 1.27 bits per heavy atom. The van der Waals surface area contributed by atoms with Crippen molar-refractivity contribution in [3.05, 3.63) is 46.9 Å². The molecule has 0 unspecified atom stereocenters. The number of hydrogen-bond donors (Lipinski definition) is 0. The first-order valence-electron chi connectivity index (χ1n) is 8.97. The minimum atomic E-state index is -0.689. The topological polar surface area (TPSA) is 55.7 Å². The van der Waals surface area contributed by atoms with E-state index in [9.17, 15) is 14.0 Å². The van der Waals surface area contributed by atoms with Crippen LogP contribution in [0.25, 0.3) is 0 Å². The quantitative estimate of drug-likeness (QED) is 0.762. The SMILES string of the molecule is CCOC(=O)C1=C(C)N=C2CC(C)(C)CC(=O)[C@H]2[C@H]1c1ccccc1F. The van der Waals surface area contributed by atoms with Crippen molar-refractivity contribution < 1.29 is 18.7 Å². The molecule has 1 aromatic carbocycles. The molecule has 0 aromatic heterocycles. The zero-order valence-corrected chi connectivity index (χ0v) is 15.6. The van der Waals surface area contributed by atoms with E-state index >= 15 is 0 Å². The van der Waals surface area contributed by atoms with Gasteiger partial charge in [0.2, 0.25) is 0 Å². The van der Waals surface area contributed by atoms with Gasteiger partial charge in [0.1, 0.15) is 11.6 Å². The summed E-state index contributed by atoms with van der Waals surface area (Å²) in [6, 6.07) is 6.32. The molecule has 1 aromatic rings. The van der Waals surface area contributed by atoms with Crippen molar-refractivity contribution >= 4 is 17.5 Å². The molecule has 26 heavy (non-hydrogen) atoms. The third-order valence-electron chi connectivity index (χ3n) is 5.10. The second-order valence-electron chi connectivity index (χ2n) is 7.78. The molecule has 0 amide bonds. The number of ketones is 1. The molecule has 1 heterocycles. The number of fused-ring (bicyclic) bond motifs is 1. The monoisotopic (exact) mass is 357 g/mol. The van der Waals surface area contributed by atoms with Gasteiger partial charge in [-0.25, -0.2) is 9.18 Å². The van der Waals surface area contributed by atoms with Crippen LogP contribution >= 0.6 is 0 Å². The highest BCUT2D eigenvalue weighted by Gasteiger charge is 2.48. The predicted molar refractivity (Wildman–Crippen MR) is 97.4 cm³/mol. The van der Waals surface area contributed by atoms with Crippen molar-refractivity contribution in [3.63, 3.8) is 0 Å². The maximum Gasteiger partial charge on any atom is 0.336 e. The fourth-order valence-corrected chi connectivity index (χ4v) is 4.13. The average Bonchev–Trinajstić information content (AvgIpc) is 2.53. The van der Waals surface area contributed by atoms with Crippen molar-refractivity contribution in [2.45, 2.75) is 46.5 Å². The number of carbonyl (C=O) groups excluding carboxylic acids is 2.